The number of hydrogen-bond donors (Lipinski definition) is 3. The average Bonchev–Trinajstić information content (AvgIpc) is 3.55. The molecular weight excluding hydrogens is 558 g/mol. The maximum atomic E-state index is 13.0. The molecule has 0 radical (unpaired) electrons. The minimum Gasteiger partial charge on any atom is -0.480 e. The second kappa shape index (κ2) is 10.5. The molecule has 2 aliphatic heterocycles. The molecule has 18 heteroatoms. The number of thiazole rings is 1. The van der Waals surface area contributed by atoms with Crippen molar-refractivity contribution in [3.63, 3.8) is 0 Å². The zero-order chi connectivity index (χ0) is 27.0. The van der Waals surface area contributed by atoms with Gasteiger partial charge in [0.2, 0.25) is 5.88 Å². The van der Waals surface area contributed by atoms with E-state index in [1.54, 1.807) is 6.20 Å². The Hall–Kier alpha value is -3.90. The normalized spacial score (nSPS) is 19.3. The van der Waals surface area contributed by atoms with Gasteiger partial charge in [0.25, 0.3) is 17.6 Å². The van der Waals surface area contributed by atoms with E-state index < -0.39 is 29.2 Å². The number of rotatable bonds is 9. The zero-order valence-corrected chi connectivity index (χ0v) is 22.2. The minimum atomic E-state index is -1.24. The molecule has 4 N–H and O–H groups in total. The Morgan fingerprint density at radius 1 is 1.37 bits per heavy atom. The van der Waals surface area contributed by atoms with Crippen LogP contribution in [-0.2, 0) is 19.2 Å². The molecule has 2 aliphatic rings. The Labute approximate surface area is 226 Å². The van der Waals surface area contributed by atoms with Gasteiger partial charge >= 0.3 is 5.97 Å². The van der Waals surface area contributed by atoms with Crippen molar-refractivity contribution in [3.8, 4) is 5.88 Å². The van der Waals surface area contributed by atoms with Crippen LogP contribution in [-0.4, -0.2) is 95.2 Å². The van der Waals surface area contributed by atoms with Crippen molar-refractivity contribution in [1.82, 2.24) is 34.8 Å². The summed E-state index contributed by atoms with van der Waals surface area (Å²) in [4.78, 5) is 57.1. The van der Waals surface area contributed by atoms with Gasteiger partial charge < -0.3 is 25.7 Å². The second-order valence-corrected chi connectivity index (χ2v) is 10.7. The number of nitrogens with zero attached hydrogens (tertiary/aromatic N) is 7. The number of nitrogens with one attached hydrogen (secondary N) is 1. The summed E-state index contributed by atoms with van der Waals surface area (Å²) in [6, 6.07) is -0.951. The molecular formula is C20H19N9O6S3. The van der Waals surface area contributed by atoms with Crippen molar-refractivity contribution in [3.05, 3.63) is 34.9 Å². The predicted molar refractivity (Wildman–Crippen MR) is 138 cm³/mol. The molecule has 2 atom stereocenters. The SMILES string of the molecule is CON=C(C(=O)NC1C(=O)N2C(C(=O)O)=C(CSc3cn4ncnc4nc3OC)CSC12)c1csc(N)n1. The van der Waals surface area contributed by atoms with Crippen molar-refractivity contribution in [2.24, 2.45) is 5.16 Å². The fraction of sp³-hybridized carbons (Fsp3) is 0.300. The van der Waals surface area contributed by atoms with E-state index in [0.29, 0.717) is 27.9 Å². The van der Waals surface area contributed by atoms with Crippen LogP contribution in [0.2, 0.25) is 0 Å². The molecule has 0 aliphatic carbocycles. The zero-order valence-electron chi connectivity index (χ0n) is 19.7. The number of β-lactam (4-membered cyclic amide) rings is 1. The summed E-state index contributed by atoms with van der Waals surface area (Å²) in [5, 5.41) is 21.5. The topological polar surface area (TPSA) is 200 Å². The molecule has 5 heterocycles. The lowest BCUT2D eigenvalue weighted by molar-refractivity contribution is -0.150. The van der Waals surface area contributed by atoms with Crippen molar-refractivity contribution >= 4 is 69.3 Å². The van der Waals surface area contributed by atoms with Crippen LogP contribution in [0.3, 0.4) is 0 Å². The molecule has 0 aromatic carbocycles. The first kappa shape index (κ1) is 25.7. The molecule has 2 amide bonds. The number of nitrogen functional groups attached to an aromatic ring is 1. The largest absolute Gasteiger partial charge is 0.480 e. The van der Waals surface area contributed by atoms with E-state index in [2.05, 4.69) is 30.5 Å². The number of fused-ring (bicyclic) bond motifs is 2. The Morgan fingerprint density at radius 3 is 2.87 bits per heavy atom. The van der Waals surface area contributed by atoms with Gasteiger partial charge in [-0.15, -0.1) is 34.9 Å². The van der Waals surface area contributed by atoms with E-state index in [0.717, 1.165) is 11.3 Å². The van der Waals surface area contributed by atoms with E-state index in [9.17, 15) is 19.5 Å². The summed E-state index contributed by atoms with van der Waals surface area (Å²) in [6.07, 6.45) is 3.05. The number of aliphatic carboxylic acids is 1. The number of carbonyl (C=O) groups is 3. The lowest BCUT2D eigenvalue weighted by Crippen LogP contribution is -2.71. The predicted octanol–water partition coefficient (Wildman–Crippen LogP) is 0.0530. The smallest absolute Gasteiger partial charge is 0.352 e. The monoisotopic (exact) mass is 577 g/mol. The molecule has 3 aromatic heterocycles. The molecule has 0 bridgehead atoms. The van der Waals surface area contributed by atoms with Gasteiger partial charge in [-0.1, -0.05) is 5.16 Å². The van der Waals surface area contributed by atoms with Gasteiger partial charge in [0.15, 0.2) is 10.8 Å². The molecule has 2 unspecified atom stereocenters. The summed E-state index contributed by atoms with van der Waals surface area (Å²) >= 11 is 3.77. The number of carbonyl (C=O) groups excluding carboxylic acids is 2. The number of carboxylic acids is 1. The van der Waals surface area contributed by atoms with Gasteiger partial charge in [-0.3, -0.25) is 14.5 Å². The van der Waals surface area contributed by atoms with Crippen LogP contribution < -0.4 is 15.8 Å². The molecule has 1 fully saturated rings. The van der Waals surface area contributed by atoms with Crippen molar-refractivity contribution < 1.29 is 29.1 Å². The van der Waals surface area contributed by atoms with Crippen molar-refractivity contribution in [1.29, 1.82) is 0 Å². The average molecular weight is 578 g/mol. The first-order valence-electron chi connectivity index (χ1n) is 10.7. The summed E-state index contributed by atoms with van der Waals surface area (Å²) in [6.45, 7) is 0. The molecule has 1 saturated heterocycles. The molecule has 15 nitrogen and oxygen atoms in total. The number of anilines is 1. The summed E-state index contributed by atoms with van der Waals surface area (Å²) in [7, 11) is 2.75. The first-order valence-corrected chi connectivity index (χ1v) is 13.6. The Bertz CT molecular complexity index is 1500. The number of ether oxygens (including phenoxy) is 1. The lowest BCUT2D eigenvalue weighted by atomic mass is 10.0. The van der Waals surface area contributed by atoms with Crippen molar-refractivity contribution in [2.45, 2.75) is 16.3 Å². The fourth-order valence-corrected chi connectivity index (χ4v) is 6.85. The third kappa shape index (κ3) is 4.61. The minimum absolute atomic E-state index is 0.108. The maximum Gasteiger partial charge on any atom is 0.352 e. The number of amides is 2. The van der Waals surface area contributed by atoms with E-state index >= 15 is 0 Å². The van der Waals surface area contributed by atoms with Gasteiger partial charge in [-0.2, -0.15) is 15.1 Å². The molecule has 38 heavy (non-hydrogen) atoms. The lowest BCUT2D eigenvalue weighted by Gasteiger charge is -2.49. The quantitative estimate of drug-likeness (QED) is 0.133. The Morgan fingerprint density at radius 2 is 2.18 bits per heavy atom. The van der Waals surface area contributed by atoms with E-state index in [1.165, 1.54) is 58.9 Å². The van der Waals surface area contributed by atoms with E-state index in [1.807, 2.05) is 0 Å². The van der Waals surface area contributed by atoms with Gasteiger partial charge in [-0.25, -0.2) is 14.3 Å². The number of oxime groups is 1. The van der Waals surface area contributed by atoms with Crippen LogP contribution in [0.5, 0.6) is 5.88 Å². The Kier molecular flexibility index (Phi) is 7.09. The van der Waals surface area contributed by atoms with Crippen LogP contribution >= 0.6 is 34.9 Å². The third-order valence-corrected chi connectivity index (χ3v) is 8.60. The summed E-state index contributed by atoms with van der Waals surface area (Å²) in [5.41, 5.74) is 6.14. The fourth-order valence-electron chi connectivity index (χ4n) is 3.83. The Balaban J connectivity index is 1.33. The number of aromatic nitrogens is 5. The van der Waals surface area contributed by atoms with Gasteiger partial charge in [0.05, 0.1) is 18.2 Å². The number of nitrogens with two attached hydrogens (primary N) is 1. The van der Waals surface area contributed by atoms with Gasteiger partial charge in [-0.05, 0) is 5.57 Å². The van der Waals surface area contributed by atoms with Crippen LogP contribution in [0, 0.1) is 0 Å². The van der Waals surface area contributed by atoms with Crippen LogP contribution in [0.15, 0.2) is 39.2 Å². The molecule has 5 rings (SSSR count). The highest BCUT2D eigenvalue weighted by atomic mass is 32.2. The number of hydrogen-bond acceptors (Lipinski definition) is 14. The summed E-state index contributed by atoms with van der Waals surface area (Å²) in [5.74, 6) is -1.19. The first-order chi connectivity index (χ1) is 18.3. The van der Waals surface area contributed by atoms with Crippen LogP contribution in [0.1, 0.15) is 5.69 Å². The molecule has 0 spiro atoms. The summed E-state index contributed by atoms with van der Waals surface area (Å²) < 4.78 is 6.82. The number of thioether (sulfide) groups is 2. The highest BCUT2D eigenvalue weighted by molar-refractivity contribution is 8.01. The molecule has 198 valence electrons. The van der Waals surface area contributed by atoms with E-state index in [-0.39, 0.29) is 28.0 Å². The number of carboxylic acid groups (broad SMARTS) is 1. The third-order valence-electron chi connectivity index (χ3n) is 5.50. The van der Waals surface area contributed by atoms with Gasteiger partial charge in [0, 0.05) is 16.9 Å². The molecule has 3 aromatic rings. The van der Waals surface area contributed by atoms with Crippen LogP contribution in [0.4, 0.5) is 5.13 Å². The second-order valence-electron chi connectivity index (χ2n) is 7.72. The van der Waals surface area contributed by atoms with Crippen molar-refractivity contribution in [2.75, 3.05) is 31.5 Å². The van der Waals surface area contributed by atoms with Crippen LogP contribution in [0.25, 0.3) is 5.78 Å². The highest BCUT2D eigenvalue weighted by Gasteiger charge is 2.54. The number of methoxy groups -OCH3 is 1. The molecule has 0 saturated carbocycles. The van der Waals surface area contributed by atoms with Gasteiger partial charge in [0.1, 0.15) is 36.2 Å². The van der Waals surface area contributed by atoms with E-state index in [4.69, 9.17) is 15.3 Å². The highest BCUT2D eigenvalue weighted by Crippen LogP contribution is 2.42. The maximum absolute atomic E-state index is 13.0. The standard InChI is InChI=1S/C20H19N9O6S3/c1-34-15-10(3-28-20(26-15)22-7-23-28)36-4-8-5-37-17-12(16(31)29(17)13(8)18(32)33)25-14(30)11(27-35-2)9-6-38-19(21)24-9/h3,6-7,12,17H,4-5H2,1-2H3,(H2,21,24)(H,25,30)(H,32,33).